The van der Waals surface area contributed by atoms with E-state index in [0.717, 1.165) is 38.2 Å². The van der Waals surface area contributed by atoms with Gasteiger partial charge in [-0.25, -0.2) is 4.98 Å². The summed E-state index contributed by atoms with van der Waals surface area (Å²) in [5.74, 6) is 1.17. The van der Waals surface area contributed by atoms with Gasteiger partial charge in [-0.05, 0) is 26.2 Å². The van der Waals surface area contributed by atoms with Gasteiger partial charge in [0.15, 0.2) is 0 Å². The number of rotatable bonds is 4. The highest BCUT2D eigenvalue weighted by Crippen LogP contribution is 2.51. The first-order valence-corrected chi connectivity index (χ1v) is 8.74. The van der Waals surface area contributed by atoms with Gasteiger partial charge in [-0.1, -0.05) is 13.8 Å². The van der Waals surface area contributed by atoms with Crippen LogP contribution in [0.15, 0.2) is 18.6 Å². The molecule has 1 saturated carbocycles. The zero-order valence-electron chi connectivity index (χ0n) is 15.1. The molecule has 2 aliphatic rings. The Labute approximate surface area is 144 Å². The molecule has 1 aliphatic heterocycles. The summed E-state index contributed by atoms with van der Waals surface area (Å²) in [4.78, 5) is 23.3. The van der Waals surface area contributed by atoms with Gasteiger partial charge in [-0.3, -0.25) is 9.78 Å². The van der Waals surface area contributed by atoms with E-state index in [0.29, 0.717) is 0 Å². The Hall–Kier alpha value is -1.69. The van der Waals surface area contributed by atoms with Crippen LogP contribution in [0, 0.1) is 11.3 Å². The Kier molecular flexibility index (Phi) is 4.51. The first kappa shape index (κ1) is 17.1. The molecular weight excluding hydrogens is 304 g/mol. The summed E-state index contributed by atoms with van der Waals surface area (Å²) < 4.78 is 5.64. The summed E-state index contributed by atoms with van der Waals surface area (Å²) in [5.41, 5.74) is -0.196. The maximum atomic E-state index is 12.6. The van der Waals surface area contributed by atoms with E-state index >= 15 is 0 Å². The molecular formula is C18H28N4O2. The van der Waals surface area contributed by atoms with Crippen molar-refractivity contribution in [2.45, 2.75) is 51.7 Å². The van der Waals surface area contributed by atoms with E-state index < -0.39 is 0 Å². The van der Waals surface area contributed by atoms with Gasteiger partial charge < -0.3 is 15.0 Å². The molecule has 2 unspecified atom stereocenters. The molecule has 0 aromatic carbocycles. The van der Waals surface area contributed by atoms with Crippen molar-refractivity contribution in [1.82, 2.24) is 15.3 Å². The third kappa shape index (κ3) is 2.88. The SMILES string of the molecule is COC1(C)CC(NC(=O)C2CCN(c3cnccn3)CC2)C1(C)C. The highest BCUT2D eigenvalue weighted by atomic mass is 16.5. The van der Waals surface area contributed by atoms with Gasteiger partial charge in [0.25, 0.3) is 0 Å². The van der Waals surface area contributed by atoms with Gasteiger partial charge in [0.1, 0.15) is 5.82 Å². The molecule has 2 heterocycles. The van der Waals surface area contributed by atoms with Crippen LogP contribution in [0.3, 0.4) is 0 Å². The Morgan fingerprint density at radius 3 is 2.54 bits per heavy atom. The normalized spacial score (nSPS) is 29.8. The van der Waals surface area contributed by atoms with Crippen molar-refractivity contribution in [2.75, 3.05) is 25.1 Å². The van der Waals surface area contributed by atoms with E-state index in [4.69, 9.17) is 4.74 Å². The maximum Gasteiger partial charge on any atom is 0.223 e. The van der Waals surface area contributed by atoms with E-state index in [-0.39, 0.29) is 28.9 Å². The third-order valence-corrected chi connectivity index (χ3v) is 6.33. The lowest BCUT2D eigenvalue weighted by molar-refractivity contribution is -0.183. The largest absolute Gasteiger partial charge is 0.378 e. The van der Waals surface area contributed by atoms with Gasteiger partial charge in [-0.2, -0.15) is 0 Å². The molecule has 1 aliphatic carbocycles. The van der Waals surface area contributed by atoms with Crippen LogP contribution >= 0.6 is 0 Å². The summed E-state index contributed by atoms with van der Waals surface area (Å²) in [7, 11) is 1.75. The number of hydrogen-bond acceptors (Lipinski definition) is 5. The fourth-order valence-electron chi connectivity index (χ4n) is 3.84. The van der Waals surface area contributed by atoms with Crippen molar-refractivity contribution in [2.24, 2.45) is 11.3 Å². The van der Waals surface area contributed by atoms with Crippen LogP contribution in [0.2, 0.25) is 0 Å². The van der Waals surface area contributed by atoms with Crippen molar-refractivity contribution in [1.29, 1.82) is 0 Å². The predicted molar refractivity (Wildman–Crippen MR) is 92.7 cm³/mol. The minimum atomic E-state index is -0.152. The molecule has 3 rings (SSSR count). The molecule has 2 fully saturated rings. The standard InChI is InChI=1S/C18H28N4O2/c1-17(2)14(11-18(17,3)24-4)21-16(23)13-5-9-22(10-6-13)15-12-19-7-8-20-15/h7-8,12-14H,5-6,9-11H2,1-4H3,(H,21,23). The molecule has 1 amide bonds. The number of anilines is 1. The highest BCUT2D eigenvalue weighted by Gasteiger charge is 2.58. The van der Waals surface area contributed by atoms with Crippen LogP contribution in [0.4, 0.5) is 5.82 Å². The molecule has 1 N–H and O–H groups in total. The van der Waals surface area contributed by atoms with Crippen molar-refractivity contribution < 1.29 is 9.53 Å². The number of nitrogens with zero attached hydrogens (tertiary/aromatic N) is 3. The molecule has 6 nitrogen and oxygen atoms in total. The third-order valence-electron chi connectivity index (χ3n) is 6.33. The number of ether oxygens (including phenoxy) is 1. The van der Waals surface area contributed by atoms with E-state index in [2.05, 4.69) is 41.0 Å². The average Bonchev–Trinajstić information content (AvgIpc) is 2.62. The number of piperidine rings is 1. The Morgan fingerprint density at radius 2 is 2.00 bits per heavy atom. The number of aromatic nitrogens is 2. The Balaban J connectivity index is 1.52. The minimum absolute atomic E-state index is 0.0439. The van der Waals surface area contributed by atoms with Crippen LogP contribution in [-0.4, -0.2) is 47.7 Å². The first-order valence-electron chi connectivity index (χ1n) is 8.74. The molecule has 24 heavy (non-hydrogen) atoms. The zero-order chi connectivity index (χ0) is 17.4. The second-order valence-electron chi connectivity index (χ2n) is 7.75. The molecule has 0 spiro atoms. The summed E-state index contributed by atoms with van der Waals surface area (Å²) in [5, 5.41) is 3.26. The summed E-state index contributed by atoms with van der Waals surface area (Å²) >= 11 is 0. The quantitative estimate of drug-likeness (QED) is 0.913. The van der Waals surface area contributed by atoms with Crippen molar-refractivity contribution in [3.8, 4) is 0 Å². The van der Waals surface area contributed by atoms with Gasteiger partial charge in [0.2, 0.25) is 5.91 Å². The smallest absolute Gasteiger partial charge is 0.223 e. The van der Waals surface area contributed by atoms with Gasteiger partial charge >= 0.3 is 0 Å². The monoisotopic (exact) mass is 332 g/mol. The molecule has 0 bridgehead atoms. The fraction of sp³-hybridized carbons (Fsp3) is 0.722. The van der Waals surface area contributed by atoms with Crippen LogP contribution in [0.1, 0.15) is 40.0 Å². The Morgan fingerprint density at radius 1 is 1.29 bits per heavy atom. The molecule has 1 saturated heterocycles. The predicted octanol–water partition coefficient (Wildman–Crippen LogP) is 2.01. The van der Waals surface area contributed by atoms with Gasteiger partial charge in [0.05, 0.1) is 11.8 Å². The summed E-state index contributed by atoms with van der Waals surface area (Å²) in [6.07, 6.45) is 7.76. The van der Waals surface area contributed by atoms with Crippen molar-refractivity contribution >= 4 is 11.7 Å². The second-order valence-corrected chi connectivity index (χ2v) is 7.75. The molecule has 2 atom stereocenters. The van der Waals surface area contributed by atoms with Crippen molar-refractivity contribution in [3.05, 3.63) is 18.6 Å². The number of carbonyl (C=O) groups excluding carboxylic acids is 1. The lowest BCUT2D eigenvalue weighted by Gasteiger charge is -2.59. The zero-order valence-corrected chi connectivity index (χ0v) is 15.1. The topological polar surface area (TPSA) is 67.3 Å². The lowest BCUT2D eigenvalue weighted by atomic mass is 9.55. The second kappa shape index (κ2) is 6.31. The summed E-state index contributed by atoms with van der Waals surface area (Å²) in [6.45, 7) is 8.15. The van der Waals surface area contributed by atoms with E-state index in [1.807, 2.05) is 0 Å². The molecule has 1 aromatic rings. The van der Waals surface area contributed by atoms with Crippen LogP contribution in [-0.2, 0) is 9.53 Å². The summed E-state index contributed by atoms with van der Waals surface area (Å²) in [6, 6.07) is 0.188. The fourth-order valence-corrected chi connectivity index (χ4v) is 3.84. The highest BCUT2D eigenvalue weighted by molar-refractivity contribution is 5.79. The minimum Gasteiger partial charge on any atom is -0.378 e. The number of hydrogen-bond donors (Lipinski definition) is 1. The van der Waals surface area contributed by atoms with Crippen LogP contribution < -0.4 is 10.2 Å². The maximum absolute atomic E-state index is 12.6. The number of methoxy groups -OCH3 is 1. The number of nitrogens with one attached hydrogen (secondary N) is 1. The van der Waals surface area contributed by atoms with E-state index in [9.17, 15) is 4.79 Å². The van der Waals surface area contributed by atoms with Crippen LogP contribution in [0.5, 0.6) is 0 Å². The van der Waals surface area contributed by atoms with Gasteiger partial charge in [-0.15, -0.1) is 0 Å². The number of carbonyl (C=O) groups is 1. The van der Waals surface area contributed by atoms with Crippen molar-refractivity contribution in [3.63, 3.8) is 0 Å². The average molecular weight is 332 g/mol. The van der Waals surface area contributed by atoms with E-state index in [1.54, 1.807) is 25.7 Å². The van der Waals surface area contributed by atoms with Crippen LogP contribution in [0.25, 0.3) is 0 Å². The molecule has 1 aromatic heterocycles. The van der Waals surface area contributed by atoms with E-state index in [1.165, 1.54) is 0 Å². The lowest BCUT2D eigenvalue weighted by Crippen LogP contribution is -2.69. The Bertz CT molecular complexity index is 584. The molecule has 6 heteroatoms. The first-order chi connectivity index (χ1) is 11.4. The molecule has 0 radical (unpaired) electrons. The number of amides is 1. The van der Waals surface area contributed by atoms with Gasteiger partial charge in [0, 0.05) is 50.0 Å². The molecule has 132 valence electrons.